The Labute approximate surface area is 169 Å². The van der Waals surface area contributed by atoms with E-state index in [4.69, 9.17) is 19.4 Å². The Morgan fingerprint density at radius 3 is 1.86 bits per heavy atom. The second kappa shape index (κ2) is 10.7. The van der Waals surface area contributed by atoms with E-state index in [1.165, 1.54) is 0 Å². The van der Waals surface area contributed by atoms with Crippen LogP contribution in [0.4, 0.5) is 0 Å². The molecule has 2 rings (SSSR count). The molecule has 9 heteroatoms. The van der Waals surface area contributed by atoms with E-state index in [0.717, 1.165) is 17.4 Å². The summed E-state index contributed by atoms with van der Waals surface area (Å²) in [4.78, 5) is 24.3. The summed E-state index contributed by atoms with van der Waals surface area (Å²) < 4.78 is 38.1. The molecule has 0 aliphatic carbocycles. The number of carbonyl (C=O) groups excluding carboxylic acids is 2. The van der Waals surface area contributed by atoms with Crippen LogP contribution in [0.1, 0.15) is 17.5 Å². The van der Waals surface area contributed by atoms with Crippen molar-refractivity contribution in [2.75, 3.05) is 6.26 Å². The number of hydrogen-bond acceptors (Lipinski definition) is 8. The molecule has 0 amide bonds. The van der Waals surface area contributed by atoms with Crippen molar-refractivity contribution in [3.05, 3.63) is 71.8 Å². The van der Waals surface area contributed by atoms with E-state index in [0.29, 0.717) is 0 Å². The van der Waals surface area contributed by atoms with Crippen LogP contribution in [0.25, 0.3) is 0 Å². The molecule has 0 aliphatic rings. The van der Waals surface area contributed by atoms with Gasteiger partial charge in [-0.15, -0.1) is 0 Å². The van der Waals surface area contributed by atoms with Gasteiger partial charge >= 0.3 is 11.9 Å². The molecule has 0 bridgehead atoms. The third kappa shape index (κ3) is 8.43. The van der Waals surface area contributed by atoms with Crippen molar-refractivity contribution in [1.82, 2.24) is 0 Å². The number of esters is 2. The highest BCUT2D eigenvalue weighted by Crippen LogP contribution is 2.12. The number of hydrogen-bond donors (Lipinski definition) is 1. The van der Waals surface area contributed by atoms with Crippen molar-refractivity contribution in [2.45, 2.75) is 31.8 Å². The SMILES string of the molecule is CS(=O)(=O)OC(CC(=O)OCc1ccccc1)C(N)C(=O)OCc1ccccc1. The number of ether oxygens (including phenoxy) is 2. The molecular formula is C20H23NO7S. The van der Waals surface area contributed by atoms with Gasteiger partial charge in [-0.2, -0.15) is 8.42 Å². The van der Waals surface area contributed by atoms with Gasteiger partial charge in [-0.1, -0.05) is 60.7 Å². The quantitative estimate of drug-likeness (QED) is 0.453. The lowest BCUT2D eigenvalue weighted by Gasteiger charge is -2.21. The Hall–Kier alpha value is -2.75. The minimum Gasteiger partial charge on any atom is -0.461 e. The fourth-order valence-electron chi connectivity index (χ4n) is 2.38. The van der Waals surface area contributed by atoms with Crippen molar-refractivity contribution in [3.8, 4) is 0 Å². The van der Waals surface area contributed by atoms with Gasteiger partial charge in [-0.25, -0.2) is 0 Å². The number of nitrogens with two attached hydrogens (primary N) is 1. The minimum absolute atomic E-state index is 0.00103. The van der Waals surface area contributed by atoms with Gasteiger partial charge in [0.05, 0.1) is 12.7 Å². The summed E-state index contributed by atoms with van der Waals surface area (Å²) >= 11 is 0. The van der Waals surface area contributed by atoms with Gasteiger partial charge in [0, 0.05) is 0 Å². The molecule has 0 spiro atoms. The molecule has 0 saturated carbocycles. The smallest absolute Gasteiger partial charge is 0.326 e. The summed E-state index contributed by atoms with van der Waals surface area (Å²) in [6.45, 7) is -0.0453. The highest BCUT2D eigenvalue weighted by molar-refractivity contribution is 7.86. The number of carbonyl (C=O) groups is 2. The van der Waals surface area contributed by atoms with Crippen LogP contribution < -0.4 is 5.73 Å². The Morgan fingerprint density at radius 1 is 0.897 bits per heavy atom. The topological polar surface area (TPSA) is 122 Å². The summed E-state index contributed by atoms with van der Waals surface area (Å²) in [6, 6.07) is 16.3. The Morgan fingerprint density at radius 2 is 1.38 bits per heavy atom. The monoisotopic (exact) mass is 421 g/mol. The molecule has 0 saturated heterocycles. The standard InChI is InChI=1S/C20H23NO7S/c1-29(24,25)28-17(12-18(22)26-13-15-8-4-2-5-9-15)19(21)20(23)27-14-16-10-6-3-7-11-16/h2-11,17,19H,12-14,21H2,1H3. The summed E-state index contributed by atoms with van der Waals surface area (Å²) in [5.41, 5.74) is 7.31. The van der Waals surface area contributed by atoms with E-state index in [2.05, 4.69) is 0 Å². The molecule has 8 nitrogen and oxygen atoms in total. The average molecular weight is 421 g/mol. The maximum absolute atomic E-state index is 12.2. The molecule has 0 fully saturated rings. The van der Waals surface area contributed by atoms with Crippen molar-refractivity contribution >= 4 is 22.1 Å². The molecule has 2 aromatic rings. The van der Waals surface area contributed by atoms with Crippen LogP contribution >= 0.6 is 0 Å². The first-order chi connectivity index (χ1) is 13.7. The van der Waals surface area contributed by atoms with Gasteiger partial charge in [0.25, 0.3) is 10.1 Å². The van der Waals surface area contributed by atoms with Crippen LogP contribution in [0.5, 0.6) is 0 Å². The van der Waals surface area contributed by atoms with Gasteiger partial charge in [-0.05, 0) is 11.1 Å². The normalized spacial score (nSPS) is 13.3. The summed E-state index contributed by atoms with van der Waals surface area (Å²) in [5.74, 6) is -1.65. The van der Waals surface area contributed by atoms with Gasteiger partial charge in [0.1, 0.15) is 25.4 Å². The van der Waals surface area contributed by atoms with Gasteiger partial charge in [-0.3, -0.25) is 13.8 Å². The molecule has 0 aromatic heterocycles. The highest BCUT2D eigenvalue weighted by atomic mass is 32.2. The molecule has 2 aromatic carbocycles. The predicted molar refractivity (Wildman–Crippen MR) is 105 cm³/mol. The van der Waals surface area contributed by atoms with Gasteiger partial charge < -0.3 is 15.2 Å². The van der Waals surface area contributed by atoms with Crippen molar-refractivity contribution in [1.29, 1.82) is 0 Å². The third-order valence-electron chi connectivity index (χ3n) is 3.81. The van der Waals surface area contributed by atoms with Crippen LogP contribution in [0.3, 0.4) is 0 Å². The van der Waals surface area contributed by atoms with Crippen LogP contribution in [0.2, 0.25) is 0 Å². The fourth-order valence-corrected chi connectivity index (χ4v) is 3.02. The molecule has 0 radical (unpaired) electrons. The zero-order valence-corrected chi connectivity index (χ0v) is 16.7. The fraction of sp³-hybridized carbons (Fsp3) is 0.300. The molecular weight excluding hydrogens is 398 g/mol. The first kappa shape index (κ1) is 22.5. The first-order valence-electron chi connectivity index (χ1n) is 8.78. The third-order valence-corrected chi connectivity index (χ3v) is 4.40. The van der Waals surface area contributed by atoms with E-state index in [1.807, 2.05) is 12.1 Å². The number of benzene rings is 2. The van der Waals surface area contributed by atoms with Crippen molar-refractivity contribution < 1.29 is 31.7 Å². The Bertz CT molecular complexity index is 901. The molecule has 2 atom stereocenters. The average Bonchev–Trinajstić information content (AvgIpc) is 2.70. The highest BCUT2D eigenvalue weighted by Gasteiger charge is 2.32. The largest absolute Gasteiger partial charge is 0.461 e. The summed E-state index contributed by atoms with van der Waals surface area (Å²) in [6.07, 6.45) is -1.17. The van der Waals surface area contributed by atoms with E-state index in [1.54, 1.807) is 48.5 Å². The molecule has 0 heterocycles. The zero-order valence-electron chi connectivity index (χ0n) is 15.9. The minimum atomic E-state index is -3.98. The molecule has 0 aliphatic heterocycles. The maximum atomic E-state index is 12.2. The lowest BCUT2D eigenvalue weighted by Crippen LogP contribution is -2.46. The summed E-state index contributed by atoms with van der Waals surface area (Å²) in [5, 5.41) is 0. The van der Waals surface area contributed by atoms with Gasteiger partial charge in [0.15, 0.2) is 0 Å². The molecule has 156 valence electrons. The van der Waals surface area contributed by atoms with E-state index in [-0.39, 0.29) is 13.2 Å². The first-order valence-corrected chi connectivity index (χ1v) is 10.6. The van der Waals surface area contributed by atoms with Crippen molar-refractivity contribution in [3.63, 3.8) is 0 Å². The van der Waals surface area contributed by atoms with Crippen LogP contribution in [-0.2, 0) is 46.6 Å². The lowest BCUT2D eigenvalue weighted by molar-refractivity contribution is -0.151. The zero-order chi connectivity index (χ0) is 21.3. The Kier molecular flexibility index (Phi) is 8.32. The van der Waals surface area contributed by atoms with E-state index in [9.17, 15) is 18.0 Å². The Balaban J connectivity index is 1.96. The lowest BCUT2D eigenvalue weighted by atomic mass is 10.1. The second-order valence-electron chi connectivity index (χ2n) is 6.31. The van der Waals surface area contributed by atoms with Crippen LogP contribution in [0, 0.1) is 0 Å². The molecule has 2 N–H and O–H groups in total. The predicted octanol–water partition coefficient (Wildman–Crippen LogP) is 1.54. The molecule has 29 heavy (non-hydrogen) atoms. The van der Waals surface area contributed by atoms with Crippen LogP contribution in [-0.4, -0.2) is 38.8 Å². The van der Waals surface area contributed by atoms with Gasteiger partial charge in [0.2, 0.25) is 0 Å². The second-order valence-corrected chi connectivity index (χ2v) is 7.91. The maximum Gasteiger partial charge on any atom is 0.326 e. The number of rotatable bonds is 10. The summed E-state index contributed by atoms with van der Waals surface area (Å²) in [7, 11) is -3.98. The van der Waals surface area contributed by atoms with Crippen molar-refractivity contribution in [2.24, 2.45) is 5.73 Å². The van der Waals surface area contributed by atoms with E-state index >= 15 is 0 Å². The molecule has 2 unspecified atom stereocenters. The van der Waals surface area contributed by atoms with E-state index < -0.39 is 40.6 Å². The van der Waals surface area contributed by atoms with Crippen LogP contribution in [0.15, 0.2) is 60.7 Å².